The summed E-state index contributed by atoms with van der Waals surface area (Å²) in [6, 6.07) is 0. The Kier molecular flexibility index (Phi) is 5.10. The summed E-state index contributed by atoms with van der Waals surface area (Å²) in [5.41, 5.74) is -0.229. The molecule has 0 aliphatic carbocycles. The molecule has 122 valence electrons. The molecule has 0 saturated carbocycles. The summed E-state index contributed by atoms with van der Waals surface area (Å²) in [6.07, 6.45) is 1.95. The fourth-order valence-electron chi connectivity index (χ4n) is 2.40. The van der Waals surface area contributed by atoms with Crippen LogP contribution in [0.15, 0.2) is 11.5 Å². The van der Waals surface area contributed by atoms with Gasteiger partial charge < -0.3 is 14.8 Å². The molecule has 1 fully saturated rings. The molecule has 22 heavy (non-hydrogen) atoms. The second-order valence-electron chi connectivity index (χ2n) is 6.44. The molecular formula is C14H23N5O2S. The van der Waals surface area contributed by atoms with Gasteiger partial charge in [0.2, 0.25) is 11.8 Å². The number of hydrogen-bond acceptors (Lipinski definition) is 5. The number of nitrogens with zero attached hydrogens (tertiary/aromatic N) is 4. The lowest BCUT2D eigenvalue weighted by Crippen LogP contribution is -2.43. The monoisotopic (exact) mass is 325 g/mol. The Morgan fingerprint density at radius 3 is 2.77 bits per heavy atom. The number of aromatic nitrogens is 3. The van der Waals surface area contributed by atoms with Crippen molar-refractivity contribution in [2.24, 2.45) is 13.0 Å². The smallest absolute Gasteiger partial charge is 0.225 e. The van der Waals surface area contributed by atoms with E-state index in [-0.39, 0.29) is 23.3 Å². The number of likely N-dealkylation sites (tertiary alicyclic amines) is 1. The zero-order chi connectivity index (χ0) is 16.3. The van der Waals surface area contributed by atoms with Crippen molar-refractivity contribution in [1.82, 2.24) is 25.0 Å². The Hall–Kier alpha value is -1.57. The van der Waals surface area contributed by atoms with Gasteiger partial charge in [0.05, 0.1) is 5.92 Å². The lowest BCUT2D eigenvalue weighted by molar-refractivity contribution is -0.132. The van der Waals surface area contributed by atoms with Crippen molar-refractivity contribution in [3.63, 3.8) is 0 Å². The molecule has 1 aromatic heterocycles. The average molecular weight is 325 g/mol. The van der Waals surface area contributed by atoms with Gasteiger partial charge in [0.1, 0.15) is 6.33 Å². The number of nitrogens with one attached hydrogen (secondary N) is 1. The Bertz CT molecular complexity index is 552. The highest BCUT2D eigenvalue weighted by atomic mass is 32.2. The van der Waals surface area contributed by atoms with E-state index in [4.69, 9.17) is 0 Å². The Labute approximate surface area is 134 Å². The van der Waals surface area contributed by atoms with E-state index in [1.54, 1.807) is 23.0 Å². The molecule has 1 aromatic rings. The van der Waals surface area contributed by atoms with E-state index in [0.717, 1.165) is 10.9 Å². The normalized spacial score (nSPS) is 18.8. The minimum absolute atomic E-state index is 0.0429. The van der Waals surface area contributed by atoms with Crippen LogP contribution in [0.25, 0.3) is 0 Å². The number of carbonyl (C=O) groups is 2. The van der Waals surface area contributed by atoms with Gasteiger partial charge in [-0.3, -0.25) is 9.59 Å². The SMILES string of the molecule is Cn1cnnc1SCCNC(=O)[C@H]1CC(=O)N(C(C)(C)C)C1. The predicted octanol–water partition coefficient (Wildman–Crippen LogP) is 0.670. The van der Waals surface area contributed by atoms with Crippen molar-refractivity contribution in [3.8, 4) is 0 Å². The molecule has 8 heteroatoms. The van der Waals surface area contributed by atoms with Gasteiger partial charge in [-0.2, -0.15) is 0 Å². The number of hydrogen-bond donors (Lipinski definition) is 1. The minimum Gasteiger partial charge on any atom is -0.355 e. The van der Waals surface area contributed by atoms with Crippen molar-refractivity contribution in [2.45, 2.75) is 37.9 Å². The maximum Gasteiger partial charge on any atom is 0.225 e. The van der Waals surface area contributed by atoms with Gasteiger partial charge in [0.25, 0.3) is 0 Å². The first-order valence-electron chi connectivity index (χ1n) is 7.34. The van der Waals surface area contributed by atoms with Gasteiger partial charge in [0.15, 0.2) is 5.16 Å². The van der Waals surface area contributed by atoms with Crippen molar-refractivity contribution < 1.29 is 9.59 Å². The van der Waals surface area contributed by atoms with Crippen LogP contribution in [0.4, 0.5) is 0 Å². The maximum atomic E-state index is 12.2. The van der Waals surface area contributed by atoms with Crippen LogP contribution in [-0.2, 0) is 16.6 Å². The molecular weight excluding hydrogens is 302 g/mol. The average Bonchev–Trinajstić information content (AvgIpc) is 3.00. The Balaban J connectivity index is 1.74. The minimum atomic E-state index is -0.244. The van der Waals surface area contributed by atoms with Gasteiger partial charge in [-0.25, -0.2) is 0 Å². The second-order valence-corrected chi connectivity index (χ2v) is 7.50. The largest absolute Gasteiger partial charge is 0.355 e. The van der Waals surface area contributed by atoms with Crippen molar-refractivity contribution in [3.05, 3.63) is 6.33 Å². The lowest BCUT2D eigenvalue weighted by atomic mass is 10.1. The highest BCUT2D eigenvalue weighted by Crippen LogP contribution is 2.25. The van der Waals surface area contributed by atoms with Gasteiger partial charge in [0, 0.05) is 37.8 Å². The zero-order valence-corrected chi connectivity index (χ0v) is 14.3. The fraction of sp³-hybridized carbons (Fsp3) is 0.714. The summed E-state index contributed by atoms with van der Waals surface area (Å²) in [7, 11) is 1.88. The fourth-order valence-corrected chi connectivity index (χ4v) is 3.14. The molecule has 7 nitrogen and oxygen atoms in total. The number of aryl methyl sites for hydroxylation is 1. The maximum absolute atomic E-state index is 12.2. The van der Waals surface area contributed by atoms with E-state index in [1.165, 1.54) is 0 Å². The third kappa shape index (κ3) is 4.00. The Morgan fingerprint density at radius 1 is 1.50 bits per heavy atom. The summed E-state index contributed by atoms with van der Waals surface area (Å²) in [5.74, 6) is 0.494. The van der Waals surface area contributed by atoms with Crippen LogP contribution < -0.4 is 5.32 Å². The summed E-state index contributed by atoms with van der Waals surface area (Å²) in [4.78, 5) is 25.9. The summed E-state index contributed by atoms with van der Waals surface area (Å²) in [6.45, 7) is 7.02. The van der Waals surface area contributed by atoms with Crippen LogP contribution in [-0.4, -0.2) is 55.9 Å². The van der Waals surface area contributed by atoms with Crippen LogP contribution >= 0.6 is 11.8 Å². The molecule has 2 rings (SSSR count). The molecule has 0 radical (unpaired) electrons. The summed E-state index contributed by atoms with van der Waals surface area (Å²) >= 11 is 1.54. The van der Waals surface area contributed by atoms with E-state index < -0.39 is 0 Å². The Morgan fingerprint density at radius 2 is 2.23 bits per heavy atom. The molecule has 1 aliphatic heterocycles. The van der Waals surface area contributed by atoms with Crippen molar-refractivity contribution >= 4 is 23.6 Å². The van der Waals surface area contributed by atoms with E-state index in [1.807, 2.05) is 32.4 Å². The molecule has 1 saturated heterocycles. The first-order chi connectivity index (χ1) is 10.3. The topological polar surface area (TPSA) is 80.1 Å². The van der Waals surface area contributed by atoms with E-state index in [2.05, 4.69) is 15.5 Å². The molecule has 0 spiro atoms. The molecule has 2 amide bonds. The third-order valence-corrected chi connectivity index (χ3v) is 4.64. The summed E-state index contributed by atoms with van der Waals surface area (Å²) in [5, 5.41) is 11.5. The molecule has 1 atom stereocenters. The number of amides is 2. The molecule has 1 aliphatic rings. The molecule has 0 aromatic carbocycles. The molecule has 2 heterocycles. The molecule has 0 bridgehead atoms. The third-order valence-electron chi connectivity index (χ3n) is 3.61. The van der Waals surface area contributed by atoms with E-state index in [9.17, 15) is 9.59 Å². The van der Waals surface area contributed by atoms with E-state index in [0.29, 0.717) is 19.5 Å². The lowest BCUT2D eigenvalue weighted by Gasteiger charge is -2.31. The highest BCUT2D eigenvalue weighted by Gasteiger charge is 2.39. The second kappa shape index (κ2) is 6.68. The van der Waals surface area contributed by atoms with Crippen molar-refractivity contribution in [2.75, 3.05) is 18.8 Å². The number of carbonyl (C=O) groups excluding carboxylic acids is 2. The van der Waals surface area contributed by atoms with Crippen LogP contribution in [0.5, 0.6) is 0 Å². The number of rotatable bonds is 5. The van der Waals surface area contributed by atoms with Crippen LogP contribution in [0, 0.1) is 5.92 Å². The number of thioether (sulfide) groups is 1. The first kappa shape index (κ1) is 16.8. The first-order valence-corrected chi connectivity index (χ1v) is 8.32. The van der Waals surface area contributed by atoms with Gasteiger partial charge in [-0.1, -0.05) is 11.8 Å². The highest BCUT2D eigenvalue weighted by molar-refractivity contribution is 7.99. The molecule has 1 N–H and O–H groups in total. The predicted molar refractivity (Wildman–Crippen MR) is 84.3 cm³/mol. The quantitative estimate of drug-likeness (QED) is 0.636. The van der Waals surface area contributed by atoms with Gasteiger partial charge >= 0.3 is 0 Å². The van der Waals surface area contributed by atoms with E-state index >= 15 is 0 Å². The van der Waals surface area contributed by atoms with Gasteiger partial charge in [-0.15, -0.1) is 10.2 Å². The van der Waals surface area contributed by atoms with Crippen LogP contribution in [0.3, 0.4) is 0 Å². The van der Waals surface area contributed by atoms with Crippen molar-refractivity contribution in [1.29, 1.82) is 0 Å². The van der Waals surface area contributed by atoms with Crippen LogP contribution in [0.2, 0.25) is 0 Å². The zero-order valence-electron chi connectivity index (χ0n) is 13.5. The summed E-state index contributed by atoms with van der Waals surface area (Å²) < 4.78 is 1.84. The molecule has 0 unspecified atom stereocenters. The van der Waals surface area contributed by atoms with Gasteiger partial charge in [-0.05, 0) is 20.8 Å². The van der Waals surface area contributed by atoms with Crippen LogP contribution in [0.1, 0.15) is 27.2 Å². The standard InChI is InChI=1S/C14H23N5O2S/c1-14(2,3)19-8-10(7-11(19)20)12(21)15-5-6-22-13-17-16-9-18(13)4/h9-10H,5-8H2,1-4H3,(H,15,21)/t10-/m0/s1.